The first kappa shape index (κ1) is 21.4. The zero-order chi connectivity index (χ0) is 22.5. The number of esters is 1. The Morgan fingerprint density at radius 2 is 1.78 bits per heavy atom. The molecule has 2 heterocycles. The van der Waals surface area contributed by atoms with Gasteiger partial charge in [0.2, 0.25) is 0 Å². The first-order valence-corrected chi connectivity index (χ1v) is 10.5. The van der Waals surface area contributed by atoms with Crippen LogP contribution in [0.3, 0.4) is 0 Å². The van der Waals surface area contributed by atoms with E-state index >= 15 is 0 Å². The topological polar surface area (TPSA) is 102 Å². The van der Waals surface area contributed by atoms with Crippen molar-refractivity contribution >= 4 is 23.5 Å². The summed E-state index contributed by atoms with van der Waals surface area (Å²) in [4.78, 5) is 40.4. The average molecular weight is 436 g/mol. The minimum Gasteiger partial charge on any atom is -0.467 e. The molecule has 8 nitrogen and oxygen atoms in total. The van der Waals surface area contributed by atoms with Crippen molar-refractivity contribution in [3.63, 3.8) is 0 Å². The molecule has 166 valence electrons. The van der Waals surface area contributed by atoms with Crippen molar-refractivity contribution in [2.24, 2.45) is 0 Å². The summed E-state index contributed by atoms with van der Waals surface area (Å²) in [6.07, 6.45) is 6.71. The highest BCUT2D eigenvalue weighted by Crippen LogP contribution is 2.32. The van der Waals surface area contributed by atoms with Crippen LogP contribution in [0.25, 0.3) is 0 Å². The zero-order valence-corrected chi connectivity index (χ0v) is 17.7. The van der Waals surface area contributed by atoms with E-state index in [0.29, 0.717) is 11.4 Å². The third-order valence-corrected chi connectivity index (χ3v) is 5.52. The molecule has 2 amide bonds. The van der Waals surface area contributed by atoms with Crippen LogP contribution in [0, 0.1) is 0 Å². The van der Waals surface area contributed by atoms with Crippen LogP contribution in [0.4, 0.5) is 5.69 Å². The second-order valence-corrected chi connectivity index (χ2v) is 7.60. The molecule has 3 aromatic rings. The highest BCUT2D eigenvalue weighted by Gasteiger charge is 2.37. The van der Waals surface area contributed by atoms with E-state index in [2.05, 4.69) is 5.32 Å². The van der Waals surface area contributed by atoms with Crippen LogP contribution in [0.15, 0.2) is 69.9 Å². The highest BCUT2D eigenvalue weighted by atomic mass is 16.5. The first-order valence-electron chi connectivity index (χ1n) is 10.5. The van der Waals surface area contributed by atoms with Gasteiger partial charge in [0.05, 0.1) is 25.2 Å². The van der Waals surface area contributed by atoms with Gasteiger partial charge >= 0.3 is 5.97 Å². The van der Waals surface area contributed by atoms with Crippen LogP contribution in [0.5, 0.6) is 0 Å². The van der Waals surface area contributed by atoms with Crippen molar-refractivity contribution in [1.82, 2.24) is 5.32 Å². The van der Waals surface area contributed by atoms with Gasteiger partial charge in [-0.2, -0.15) is 0 Å². The van der Waals surface area contributed by atoms with Crippen molar-refractivity contribution in [2.45, 2.75) is 37.8 Å². The van der Waals surface area contributed by atoms with Crippen molar-refractivity contribution in [1.29, 1.82) is 0 Å². The van der Waals surface area contributed by atoms with E-state index in [1.54, 1.807) is 36.4 Å². The maximum absolute atomic E-state index is 13.5. The molecule has 0 aliphatic heterocycles. The summed E-state index contributed by atoms with van der Waals surface area (Å²) in [6, 6.07) is 11.7. The number of ether oxygens (including phenoxy) is 1. The summed E-state index contributed by atoms with van der Waals surface area (Å²) in [7, 11) is 1.28. The molecular formula is C24H24N2O6. The number of anilines is 1. The quantitative estimate of drug-likeness (QED) is 0.560. The van der Waals surface area contributed by atoms with Gasteiger partial charge in [0.1, 0.15) is 5.76 Å². The second kappa shape index (κ2) is 9.55. The Morgan fingerprint density at radius 3 is 2.44 bits per heavy atom. The summed E-state index contributed by atoms with van der Waals surface area (Å²) >= 11 is 0. The summed E-state index contributed by atoms with van der Waals surface area (Å²) in [5.41, 5.74) is 0.578. The molecule has 8 heteroatoms. The van der Waals surface area contributed by atoms with Crippen molar-refractivity contribution in [3.8, 4) is 0 Å². The van der Waals surface area contributed by atoms with Gasteiger partial charge in [-0.05, 0) is 55.3 Å². The fourth-order valence-corrected chi connectivity index (χ4v) is 3.97. The fourth-order valence-electron chi connectivity index (χ4n) is 3.97. The standard InChI is InChI=1S/C24H24N2O6/c1-30-24(29)16-7-4-10-18(15-16)26(23(28)20-12-6-14-32-20)21(19-11-5-13-31-19)22(27)25-17-8-2-3-9-17/h4-7,10-15,17,21H,2-3,8-9H2,1H3,(H,25,27)/t21-/m0/s1. The molecule has 0 unspecified atom stereocenters. The van der Waals surface area contributed by atoms with Crippen LogP contribution >= 0.6 is 0 Å². The minimum absolute atomic E-state index is 0.0435. The van der Waals surface area contributed by atoms with Crippen LogP contribution in [0.1, 0.15) is 58.4 Å². The van der Waals surface area contributed by atoms with Crippen molar-refractivity contribution in [2.75, 3.05) is 12.0 Å². The third kappa shape index (κ3) is 4.44. The largest absolute Gasteiger partial charge is 0.467 e. The van der Waals surface area contributed by atoms with Gasteiger partial charge in [-0.25, -0.2) is 4.79 Å². The lowest BCUT2D eigenvalue weighted by atomic mass is 10.1. The molecule has 1 N–H and O–H groups in total. The van der Waals surface area contributed by atoms with Gasteiger partial charge in [0.15, 0.2) is 11.8 Å². The summed E-state index contributed by atoms with van der Waals surface area (Å²) in [6.45, 7) is 0. The predicted octanol–water partition coefficient (Wildman–Crippen LogP) is 4.11. The van der Waals surface area contributed by atoms with E-state index in [9.17, 15) is 14.4 Å². The lowest BCUT2D eigenvalue weighted by Crippen LogP contribution is -2.46. The molecule has 1 aromatic carbocycles. The molecule has 32 heavy (non-hydrogen) atoms. The van der Waals surface area contributed by atoms with E-state index < -0.39 is 17.9 Å². The molecule has 1 aliphatic rings. The molecule has 0 radical (unpaired) electrons. The van der Waals surface area contributed by atoms with Crippen molar-refractivity contribution < 1.29 is 28.0 Å². The lowest BCUT2D eigenvalue weighted by Gasteiger charge is -2.30. The Hall–Kier alpha value is -3.81. The molecule has 1 fully saturated rings. The normalized spacial score (nSPS) is 14.7. The van der Waals surface area contributed by atoms with Crippen LogP contribution in [0.2, 0.25) is 0 Å². The van der Waals surface area contributed by atoms with E-state index in [-0.39, 0.29) is 23.3 Å². The van der Waals surface area contributed by atoms with E-state index in [1.165, 1.54) is 36.7 Å². The maximum atomic E-state index is 13.5. The van der Waals surface area contributed by atoms with Crippen LogP contribution < -0.4 is 10.2 Å². The Morgan fingerprint density at radius 1 is 1.03 bits per heavy atom. The number of methoxy groups -OCH3 is 1. The number of nitrogens with one attached hydrogen (secondary N) is 1. The number of carbonyl (C=O) groups excluding carboxylic acids is 3. The smallest absolute Gasteiger partial charge is 0.337 e. The van der Waals surface area contributed by atoms with Gasteiger partial charge in [0.25, 0.3) is 11.8 Å². The molecule has 1 aliphatic carbocycles. The van der Waals surface area contributed by atoms with Gasteiger partial charge in [-0.15, -0.1) is 0 Å². The number of nitrogens with zero attached hydrogens (tertiary/aromatic N) is 1. The van der Waals surface area contributed by atoms with E-state index in [4.69, 9.17) is 13.6 Å². The molecule has 0 spiro atoms. The Labute approximate surface area is 185 Å². The molecule has 0 bridgehead atoms. The maximum Gasteiger partial charge on any atom is 0.337 e. The average Bonchev–Trinajstić information content (AvgIpc) is 3.59. The number of carbonyl (C=O) groups is 3. The SMILES string of the molecule is COC(=O)c1cccc(N(C(=O)c2ccco2)[C@H](C(=O)NC2CCCC2)c2ccco2)c1. The van der Waals surface area contributed by atoms with Crippen LogP contribution in [-0.4, -0.2) is 30.9 Å². The summed E-state index contributed by atoms with van der Waals surface area (Å²) in [5, 5.41) is 3.05. The first-order chi connectivity index (χ1) is 15.6. The Kier molecular flexibility index (Phi) is 6.39. The summed E-state index contributed by atoms with van der Waals surface area (Å²) < 4.78 is 15.7. The predicted molar refractivity (Wildman–Crippen MR) is 115 cm³/mol. The number of benzene rings is 1. The molecule has 4 rings (SSSR count). The number of amides is 2. The van der Waals surface area contributed by atoms with Crippen molar-refractivity contribution in [3.05, 3.63) is 78.1 Å². The minimum atomic E-state index is -1.10. The lowest BCUT2D eigenvalue weighted by molar-refractivity contribution is -0.123. The van der Waals surface area contributed by atoms with Gasteiger partial charge in [-0.1, -0.05) is 18.9 Å². The molecular weight excluding hydrogens is 412 g/mol. The monoisotopic (exact) mass is 436 g/mol. The number of hydrogen-bond donors (Lipinski definition) is 1. The van der Waals surface area contributed by atoms with E-state index in [1.807, 2.05) is 0 Å². The number of furan rings is 2. The number of hydrogen-bond acceptors (Lipinski definition) is 6. The zero-order valence-electron chi connectivity index (χ0n) is 17.7. The fraction of sp³-hybridized carbons (Fsp3) is 0.292. The van der Waals surface area contributed by atoms with Gasteiger partial charge in [0, 0.05) is 11.7 Å². The Bertz CT molecular complexity index is 1070. The second-order valence-electron chi connectivity index (χ2n) is 7.60. The Balaban J connectivity index is 1.79. The van der Waals surface area contributed by atoms with E-state index in [0.717, 1.165) is 25.7 Å². The van der Waals surface area contributed by atoms with Gasteiger partial charge < -0.3 is 18.9 Å². The molecule has 1 atom stereocenters. The highest BCUT2D eigenvalue weighted by molar-refractivity contribution is 6.09. The summed E-state index contributed by atoms with van der Waals surface area (Å²) in [5.74, 6) is -1.11. The van der Waals surface area contributed by atoms with Gasteiger partial charge in [-0.3, -0.25) is 14.5 Å². The molecule has 2 aromatic heterocycles. The molecule has 0 saturated heterocycles. The van der Waals surface area contributed by atoms with Crippen LogP contribution in [-0.2, 0) is 9.53 Å². The third-order valence-electron chi connectivity index (χ3n) is 5.52. The number of rotatable bonds is 7. The molecule has 1 saturated carbocycles.